The second-order valence-corrected chi connectivity index (χ2v) is 12.4. The predicted octanol–water partition coefficient (Wildman–Crippen LogP) is 2.63. The highest BCUT2D eigenvalue weighted by atomic mass is 31.2. The summed E-state index contributed by atoms with van der Waals surface area (Å²) in [5, 5.41) is 28.9. The van der Waals surface area contributed by atoms with Crippen LogP contribution in [0.15, 0.2) is 42.7 Å². The summed E-state index contributed by atoms with van der Waals surface area (Å²) >= 11 is 0. The molecule has 242 valence electrons. The second kappa shape index (κ2) is 13.1. The number of carbonyl (C=O) groups is 2. The number of hydrogen-bond acceptors (Lipinski definition) is 13. The fraction of sp³-hybridized carbons (Fsp3) is 0.464. The van der Waals surface area contributed by atoms with Gasteiger partial charge in [-0.2, -0.15) is 15.4 Å². The van der Waals surface area contributed by atoms with Crippen molar-refractivity contribution in [3.63, 3.8) is 0 Å². The topological polar surface area (TPSA) is 210 Å². The van der Waals surface area contributed by atoms with Gasteiger partial charge in [0.25, 0.3) is 0 Å². The highest BCUT2D eigenvalue weighted by Crippen LogP contribution is 2.51. The lowest BCUT2D eigenvalue weighted by atomic mass is 9.80. The van der Waals surface area contributed by atoms with Gasteiger partial charge in [0.1, 0.15) is 41.4 Å². The number of nitriles is 1. The number of nitrogens with zero attached hydrogens (tertiary/aromatic N) is 4. The number of nitrogens with one attached hydrogen (secondary N) is 1. The Morgan fingerprint density at radius 2 is 1.98 bits per heavy atom. The molecule has 1 aliphatic heterocycles. The summed E-state index contributed by atoms with van der Waals surface area (Å²) in [4.78, 5) is 28.9. The zero-order valence-electron chi connectivity index (χ0n) is 25.2. The molecule has 45 heavy (non-hydrogen) atoms. The molecule has 0 amide bonds. The summed E-state index contributed by atoms with van der Waals surface area (Å²) in [6, 6.07) is 9.54. The minimum atomic E-state index is -4.45. The maximum atomic E-state index is 15.1. The molecule has 0 bridgehead atoms. The molecule has 15 nitrogen and oxygen atoms in total. The molecule has 1 fully saturated rings. The van der Waals surface area contributed by atoms with Crippen molar-refractivity contribution in [2.45, 2.75) is 64.1 Å². The number of esters is 2. The van der Waals surface area contributed by atoms with Crippen molar-refractivity contribution in [1.29, 1.82) is 5.26 Å². The monoisotopic (exact) mass is 648 g/mol. The highest BCUT2D eigenvalue weighted by Gasteiger charge is 2.68. The lowest BCUT2D eigenvalue weighted by Crippen LogP contribution is -2.54. The first-order valence-corrected chi connectivity index (χ1v) is 15.5. The molecule has 1 saturated heterocycles. The van der Waals surface area contributed by atoms with E-state index in [4.69, 9.17) is 29.0 Å². The van der Waals surface area contributed by atoms with Crippen LogP contribution in [-0.2, 0) is 38.5 Å². The van der Waals surface area contributed by atoms with E-state index in [-0.39, 0.29) is 29.4 Å². The number of carbonyl (C=O) groups excluding carboxylic acids is 2. The van der Waals surface area contributed by atoms with Gasteiger partial charge in [-0.25, -0.2) is 18.5 Å². The largest absolute Gasteiger partial charge is 0.465 e. The molecule has 1 aromatic carbocycles. The van der Waals surface area contributed by atoms with E-state index < -0.39 is 67.5 Å². The van der Waals surface area contributed by atoms with Crippen LogP contribution >= 0.6 is 7.75 Å². The molecular weight excluding hydrogens is 614 g/mol. The Bertz CT molecular complexity index is 1650. The zero-order valence-corrected chi connectivity index (χ0v) is 26.1. The van der Waals surface area contributed by atoms with Crippen molar-refractivity contribution >= 4 is 31.0 Å². The van der Waals surface area contributed by atoms with Crippen LogP contribution < -0.4 is 15.3 Å². The summed E-state index contributed by atoms with van der Waals surface area (Å²) in [6.45, 7) is 6.59. The summed E-state index contributed by atoms with van der Waals surface area (Å²) in [5.74, 6) is -3.22. The Morgan fingerprint density at radius 3 is 2.60 bits per heavy atom. The number of aliphatic hydroxyl groups is 1. The van der Waals surface area contributed by atoms with Crippen LogP contribution in [0.3, 0.4) is 0 Å². The van der Waals surface area contributed by atoms with Crippen molar-refractivity contribution in [3.8, 4) is 11.8 Å². The van der Waals surface area contributed by atoms with Gasteiger partial charge in [0.05, 0.1) is 24.8 Å². The van der Waals surface area contributed by atoms with Gasteiger partial charge in [0.2, 0.25) is 5.60 Å². The third kappa shape index (κ3) is 6.49. The number of benzene rings is 1. The molecule has 17 heteroatoms. The number of ether oxygens (including phenoxy) is 3. The molecule has 0 saturated carbocycles. The summed E-state index contributed by atoms with van der Waals surface area (Å²) in [7, 11) is -4.45. The van der Waals surface area contributed by atoms with Crippen LogP contribution in [0.5, 0.6) is 5.75 Å². The lowest BCUT2D eigenvalue weighted by molar-refractivity contribution is -0.168. The van der Waals surface area contributed by atoms with Gasteiger partial charge in [-0.3, -0.25) is 14.1 Å². The molecular formula is C28H34FN6O9P. The molecule has 2 aromatic heterocycles. The Kier molecular flexibility index (Phi) is 9.81. The van der Waals surface area contributed by atoms with Gasteiger partial charge in [-0.1, -0.05) is 32.0 Å². The van der Waals surface area contributed by atoms with Gasteiger partial charge in [-0.15, -0.1) is 0 Å². The quantitative estimate of drug-likeness (QED) is 0.191. The first kappa shape index (κ1) is 33.8. The number of anilines is 1. The average Bonchev–Trinajstić information content (AvgIpc) is 3.44. The van der Waals surface area contributed by atoms with E-state index in [0.29, 0.717) is 0 Å². The van der Waals surface area contributed by atoms with Crippen molar-refractivity contribution in [2.75, 3.05) is 18.9 Å². The highest BCUT2D eigenvalue weighted by molar-refractivity contribution is 7.52. The number of para-hydroxylation sites is 1. The van der Waals surface area contributed by atoms with Gasteiger partial charge in [0, 0.05) is 6.07 Å². The van der Waals surface area contributed by atoms with Crippen LogP contribution in [0.25, 0.3) is 5.52 Å². The SMILES string of the molecule is CCOC(=O)[C@H](C)NP(=O)(OC[C@H]1O[C@@](C#N)(c2cc(F)c3c(N)ncnn23)[C@](C)(O)[C@@H]1OC(=O)C(C)C)Oc1ccccc1. The molecule has 6 atom stereocenters. The minimum absolute atomic E-state index is 0.0608. The Hall–Kier alpha value is -4.13. The summed E-state index contributed by atoms with van der Waals surface area (Å²) < 4.78 is 58.2. The first-order valence-electron chi connectivity index (χ1n) is 13.9. The van der Waals surface area contributed by atoms with Gasteiger partial charge < -0.3 is 29.6 Å². The van der Waals surface area contributed by atoms with Crippen LogP contribution in [0, 0.1) is 23.1 Å². The van der Waals surface area contributed by atoms with Crippen molar-refractivity contribution in [3.05, 3.63) is 54.2 Å². The van der Waals surface area contributed by atoms with E-state index in [1.165, 1.54) is 19.1 Å². The fourth-order valence-electron chi connectivity index (χ4n) is 4.77. The number of nitrogen functional groups attached to an aromatic ring is 1. The van der Waals surface area contributed by atoms with E-state index >= 15 is 4.39 Å². The van der Waals surface area contributed by atoms with Crippen molar-refractivity contribution in [2.24, 2.45) is 5.92 Å². The van der Waals surface area contributed by atoms with Crippen molar-refractivity contribution < 1.29 is 46.9 Å². The lowest BCUT2D eigenvalue weighted by Gasteiger charge is -2.34. The molecule has 0 radical (unpaired) electrons. The number of aromatic nitrogens is 3. The van der Waals surface area contributed by atoms with E-state index in [1.54, 1.807) is 39.0 Å². The molecule has 1 aliphatic rings. The van der Waals surface area contributed by atoms with Gasteiger partial charge in [-0.05, 0) is 32.9 Å². The van der Waals surface area contributed by atoms with Gasteiger partial charge >= 0.3 is 19.7 Å². The zero-order chi connectivity index (χ0) is 33.2. The van der Waals surface area contributed by atoms with Gasteiger partial charge in [0.15, 0.2) is 17.7 Å². The molecule has 1 unspecified atom stereocenters. The third-order valence-corrected chi connectivity index (χ3v) is 8.71. The van der Waals surface area contributed by atoms with E-state index in [2.05, 4.69) is 15.2 Å². The smallest absolute Gasteiger partial charge is 0.459 e. The van der Waals surface area contributed by atoms with E-state index in [1.807, 2.05) is 6.07 Å². The Morgan fingerprint density at radius 1 is 1.29 bits per heavy atom. The number of rotatable bonds is 12. The molecule has 4 rings (SSSR count). The Labute approximate surface area is 257 Å². The summed E-state index contributed by atoms with van der Waals surface area (Å²) in [5.41, 5.74) is 0.454. The second-order valence-electron chi connectivity index (χ2n) is 10.7. The normalized spacial score (nSPS) is 25.0. The van der Waals surface area contributed by atoms with Crippen LogP contribution in [0.2, 0.25) is 0 Å². The number of hydrogen-bond donors (Lipinski definition) is 3. The van der Waals surface area contributed by atoms with Crippen LogP contribution in [-0.4, -0.2) is 68.7 Å². The molecule has 0 aliphatic carbocycles. The maximum absolute atomic E-state index is 15.1. The third-order valence-electron chi connectivity index (χ3n) is 7.07. The molecule has 3 heterocycles. The van der Waals surface area contributed by atoms with E-state index in [0.717, 1.165) is 23.8 Å². The molecule has 0 spiro atoms. The average molecular weight is 649 g/mol. The standard InChI is InChI=1S/C28H34FN6O9P/c1-6-40-26(37)17(4)34-45(39,44-18-10-8-7-9-11-18)41-13-20-23(42-25(36)16(2)3)27(5,38)28(14-30,43-20)21-12-19(29)22-24(31)32-15-33-35(21)22/h7-12,15-17,20,23,38H,6,13H2,1-5H3,(H,34,39)(H2,31,32,33)/t17-,20+,23+,27+,28-,45?/m0/s1. The molecule has 4 N–H and O–H groups in total. The van der Waals surface area contributed by atoms with Crippen molar-refractivity contribution in [1.82, 2.24) is 19.7 Å². The number of nitrogens with two attached hydrogens (primary N) is 1. The summed E-state index contributed by atoms with van der Waals surface area (Å²) in [6.07, 6.45) is -2.11. The predicted molar refractivity (Wildman–Crippen MR) is 155 cm³/mol. The van der Waals surface area contributed by atoms with Crippen LogP contribution in [0.4, 0.5) is 10.2 Å². The minimum Gasteiger partial charge on any atom is -0.465 e. The Balaban J connectivity index is 1.75. The molecule has 3 aromatic rings. The van der Waals surface area contributed by atoms with E-state index in [9.17, 15) is 24.5 Å². The number of halogens is 1. The van der Waals surface area contributed by atoms with Crippen LogP contribution in [0.1, 0.15) is 40.3 Å². The first-order chi connectivity index (χ1) is 21.2. The number of fused-ring (bicyclic) bond motifs is 1. The fourth-order valence-corrected chi connectivity index (χ4v) is 6.27. The maximum Gasteiger partial charge on any atom is 0.459 e.